The molecule has 0 fully saturated rings. The van der Waals surface area contributed by atoms with Crippen molar-refractivity contribution in [1.29, 1.82) is 0 Å². The molecule has 5 heteroatoms. The number of rotatable bonds is 7. The minimum Gasteiger partial charge on any atom is -0.481 e. The molecule has 96 valence electrons. The fourth-order valence-electron chi connectivity index (χ4n) is 1.20. The summed E-state index contributed by atoms with van der Waals surface area (Å²) in [6.45, 7) is 0.287. The summed E-state index contributed by atoms with van der Waals surface area (Å²) >= 11 is 0. The number of hydrogen-bond acceptors (Lipinski definition) is 3. The van der Waals surface area contributed by atoms with Gasteiger partial charge in [0.25, 0.3) is 5.91 Å². The van der Waals surface area contributed by atoms with E-state index in [2.05, 4.69) is 5.48 Å². The molecule has 0 spiro atoms. The first-order chi connectivity index (χ1) is 8.68. The Kier molecular flexibility index (Phi) is 6.21. The zero-order valence-corrected chi connectivity index (χ0v) is 9.83. The second kappa shape index (κ2) is 8.03. The van der Waals surface area contributed by atoms with Crippen molar-refractivity contribution in [2.45, 2.75) is 19.4 Å². The van der Waals surface area contributed by atoms with E-state index in [1.807, 2.05) is 30.3 Å². The number of hydroxylamine groups is 1. The largest absolute Gasteiger partial charge is 0.481 e. The summed E-state index contributed by atoms with van der Waals surface area (Å²) < 4.78 is 0. The lowest BCUT2D eigenvalue weighted by atomic mass is 10.2. The minimum atomic E-state index is -0.889. The summed E-state index contributed by atoms with van der Waals surface area (Å²) in [7, 11) is 0. The van der Waals surface area contributed by atoms with Crippen molar-refractivity contribution in [3.8, 4) is 0 Å². The molecule has 0 radical (unpaired) electrons. The molecule has 0 heterocycles. The molecule has 5 nitrogen and oxygen atoms in total. The minimum absolute atomic E-state index is 0.00858. The maximum atomic E-state index is 11.2. The van der Waals surface area contributed by atoms with E-state index in [0.717, 1.165) is 5.56 Å². The van der Waals surface area contributed by atoms with Crippen LogP contribution in [0.1, 0.15) is 18.4 Å². The van der Waals surface area contributed by atoms with Gasteiger partial charge in [-0.1, -0.05) is 36.4 Å². The fourth-order valence-corrected chi connectivity index (χ4v) is 1.20. The van der Waals surface area contributed by atoms with Gasteiger partial charge in [0.05, 0.1) is 6.61 Å². The number of hydrogen-bond donors (Lipinski definition) is 2. The molecule has 0 aliphatic carbocycles. The van der Waals surface area contributed by atoms with Crippen molar-refractivity contribution >= 4 is 11.9 Å². The number of aliphatic carboxylic acids is 1. The Bertz CT molecular complexity index is 414. The Balaban J connectivity index is 2.15. The molecule has 1 aromatic carbocycles. The lowest BCUT2D eigenvalue weighted by Gasteiger charge is -2.03. The predicted octanol–water partition coefficient (Wildman–Crippen LogP) is 1.66. The van der Waals surface area contributed by atoms with E-state index in [1.54, 1.807) is 0 Å². The molecule has 0 unspecified atom stereocenters. The van der Waals surface area contributed by atoms with Crippen molar-refractivity contribution in [3.05, 3.63) is 48.0 Å². The normalized spacial score (nSPS) is 10.4. The summed E-state index contributed by atoms with van der Waals surface area (Å²) in [6, 6.07) is 9.43. The van der Waals surface area contributed by atoms with Crippen molar-refractivity contribution < 1.29 is 19.5 Å². The van der Waals surface area contributed by atoms with E-state index in [4.69, 9.17) is 9.94 Å². The molecule has 1 aromatic rings. The third-order valence-electron chi connectivity index (χ3n) is 2.05. The van der Waals surface area contributed by atoms with Crippen LogP contribution in [0.15, 0.2) is 42.5 Å². The van der Waals surface area contributed by atoms with Crippen LogP contribution in [-0.2, 0) is 21.0 Å². The van der Waals surface area contributed by atoms with E-state index in [9.17, 15) is 9.59 Å². The molecule has 0 aliphatic rings. The molecule has 0 bridgehead atoms. The predicted molar refractivity (Wildman–Crippen MR) is 65.4 cm³/mol. The highest BCUT2D eigenvalue weighted by Gasteiger charge is 1.97. The van der Waals surface area contributed by atoms with Gasteiger partial charge in [-0.25, -0.2) is 5.48 Å². The molecule has 18 heavy (non-hydrogen) atoms. The first-order valence-corrected chi connectivity index (χ1v) is 5.52. The van der Waals surface area contributed by atoms with E-state index in [-0.39, 0.29) is 13.0 Å². The Labute approximate surface area is 105 Å². The van der Waals surface area contributed by atoms with Gasteiger partial charge in [-0.3, -0.25) is 14.4 Å². The summed E-state index contributed by atoms with van der Waals surface area (Å²) in [5.74, 6) is -1.29. The maximum absolute atomic E-state index is 11.2. The molecule has 0 aliphatic heterocycles. The molecule has 0 saturated heterocycles. The highest BCUT2D eigenvalue weighted by atomic mass is 16.6. The number of allylic oxidation sites excluding steroid dienone is 1. The number of benzene rings is 1. The monoisotopic (exact) mass is 249 g/mol. The van der Waals surface area contributed by atoms with Crippen LogP contribution in [0, 0.1) is 0 Å². The van der Waals surface area contributed by atoms with Gasteiger partial charge in [-0.05, 0) is 12.0 Å². The van der Waals surface area contributed by atoms with Crippen LogP contribution in [0.3, 0.4) is 0 Å². The lowest BCUT2D eigenvalue weighted by Crippen LogP contribution is -2.21. The summed E-state index contributed by atoms with van der Waals surface area (Å²) in [5, 5.41) is 8.39. The SMILES string of the molecule is O=C(O)CCC=CC(=O)NOCc1ccccc1. The molecule has 0 aromatic heterocycles. The third-order valence-corrected chi connectivity index (χ3v) is 2.05. The van der Waals surface area contributed by atoms with Crippen molar-refractivity contribution in [1.82, 2.24) is 5.48 Å². The Morgan fingerprint density at radius 3 is 2.67 bits per heavy atom. The molecule has 1 rings (SSSR count). The summed E-state index contributed by atoms with van der Waals surface area (Å²) in [6.07, 6.45) is 3.08. The van der Waals surface area contributed by atoms with Crippen LogP contribution in [0.5, 0.6) is 0 Å². The first-order valence-electron chi connectivity index (χ1n) is 5.52. The van der Waals surface area contributed by atoms with Crippen LogP contribution < -0.4 is 5.48 Å². The van der Waals surface area contributed by atoms with Crippen LogP contribution >= 0.6 is 0 Å². The van der Waals surface area contributed by atoms with Gasteiger partial charge in [-0.15, -0.1) is 0 Å². The smallest absolute Gasteiger partial charge is 0.303 e. The molecular weight excluding hydrogens is 234 g/mol. The third kappa shape index (κ3) is 6.44. The van der Waals surface area contributed by atoms with Gasteiger partial charge in [0.15, 0.2) is 0 Å². The number of carboxylic acids is 1. The van der Waals surface area contributed by atoms with Gasteiger partial charge in [0, 0.05) is 12.5 Å². The topological polar surface area (TPSA) is 75.6 Å². The van der Waals surface area contributed by atoms with E-state index < -0.39 is 11.9 Å². The fraction of sp³-hybridized carbons (Fsp3) is 0.231. The van der Waals surface area contributed by atoms with Gasteiger partial charge in [-0.2, -0.15) is 0 Å². The Morgan fingerprint density at radius 1 is 1.28 bits per heavy atom. The molecule has 2 N–H and O–H groups in total. The molecule has 0 saturated carbocycles. The molecule has 0 atom stereocenters. The van der Waals surface area contributed by atoms with Crippen molar-refractivity contribution in [2.75, 3.05) is 0 Å². The second-order valence-electron chi connectivity index (χ2n) is 3.58. The van der Waals surface area contributed by atoms with Gasteiger partial charge < -0.3 is 5.11 Å². The van der Waals surface area contributed by atoms with E-state index >= 15 is 0 Å². The Hall–Kier alpha value is -2.14. The number of carboxylic acid groups (broad SMARTS) is 1. The Morgan fingerprint density at radius 2 is 2.00 bits per heavy atom. The first kappa shape index (κ1) is 13.9. The van der Waals surface area contributed by atoms with Crippen LogP contribution in [0.4, 0.5) is 0 Å². The number of carbonyl (C=O) groups is 2. The number of nitrogens with one attached hydrogen (secondary N) is 1. The molecular formula is C13H15NO4. The zero-order valence-electron chi connectivity index (χ0n) is 9.83. The molecule has 1 amide bonds. The standard InChI is InChI=1S/C13H15NO4/c15-12(8-4-5-9-13(16)17)14-18-10-11-6-2-1-3-7-11/h1-4,6-8H,5,9-10H2,(H,14,15)(H,16,17). The maximum Gasteiger partial charge on any atom is 0.303 e. The van der Waals surface area contributed by atoms with Gasteiger partial charge >= 0.3 is 5.97 Å². The highest BCUT2D eigenvalue weighted by Crippen LogP contribution is 1.99. The lowest BCUT2D eigenvalue weighted by molar-refractivity contribution is -0.137. The van der Waals surface area contributed by atoms with Crippen molar-refractivity contribution in [2.24, 2.45) is 0 Å². The second-order valence-corrected chi connectivity index (χ2v) is 3.58. The van der Waals surface area contributed by atoms with Gasteiger partial charge in [0.2, 0.25) is 0 Å². The summed E-state index contributed by atoms with van der Waals surface area (Å²) in [5.41, 5.74) is 3.20. The van der Waals surface area contributed by atoms with Crippen LogP contribution in [-0.4, -0.2) is 17.0 Å². The van der Waals surface area contributed by atoms with Crippen molar-refractivity contribution in [3.63, 3.8) is 0 Å². The quantitative estimate of drug-likeness (QED) is 0.569. The zero-order chi connectivity index (χ0) is 13.2. The average molecular weight is 249 g/mol. The number of amides is 1. The van der Waals surface area contributed by atoms with E-state index in [1.165, 1.54) is 12.2 Å². The summed E-state index contributed by atoms with van der Waals surface area (Å²) in [4.78, 5) is 26.4. The highest BCUT2D eigenvalue weighted by molar-refractivity contribution is 5.86. The average Bonchev–Trinajstić information content (AvgIpc) is 2.36. The van der Waals surface area contributed by atoms with Crippen LogP contribution in [0.2, 0.25) is 0 Å². The van der Waals surface area contributed by atoms with Gasteiger partial charge in [0.1, 0.15) is 0 Å². The number of carbonyl (C=O) groups excluding carboxylic acids is 1. The van der Waals surface area contributed by atoms with Crippen LogP contribution in [0.25, 0.3) is 0 Å². The van der Waals surface area contributed by atoms with E-state index in [0.29, 0.717) is 6.42 Å².